The lowest BCUT2D eigenvalue weighted by Gasteiger charge is -2.25. The molecule has 0 fully saturated rings. The van der Waals surface area contributed by atoms with Crippen LogP contribution < -0.4 is 0 Å². The van der Waals surface area contributed by atoms with E-state index in [1.165, 1.54) is 6.26 Å². The molecule has 0 saturated heterocycles. The van der Waals surface area contributed by atoms with Crippen molar-refractivity contribution in [3.63, 3.8) is 0 Å². The maximum Gasteiger partial charge on any atom is 0.243 e. The highest BCUT2D eigenvalue weighted by Crippen LogP contribution is 2.29. The van der Waals surface area contributed by atoms with Crippen LogP contribution in [0.3, 0.4) is 0 Å². The number of likely N-dealkylation sites (N-methyl/N-ethyl adjacent to an activating group) is 1. The molecule has 118 valence electrons. The third-order valence-corrected chi connectivity index (χ3v) is 5.40. The third kappa shape index (κ3) is 3.30. The number of carbonyl (C=O) groups excluding carboxylic acids is 1. The number of benzene rings is 1. The molecule has 4 nitrogen and oxygen atoms in total. The Morgan fingerprint density at radius 2 is 1.82 bits per heavy atom. The first kappa shape index (κ1) is 16.5. The van der Waals surface area contributed by atoms with Crippen LogP contribution in [0, 0.1) is 6.92 Å². The highest BCUT2D eigenvalue weighted by molar-refractivity contribution is 7.86. The van der Waals surface area contributed by atoms with E-state index in [1.807, 2.05) is 44.2 Å². The zero-order valence-electron chi connectivity index (χ0n) is 13.1. The maximum absolute atomic E-state index is 13.0. The number of rotatable bonds is 6. The average molecular weight is 319 g/mol. The molecule has 0 radical (unpaired) electrons. The topological polar surface area (TPSA) is 50.5 Å². The molecule has 1 aromatic heterocycles. The number of carbonyl (C=O) groups is 1. The molecule has 0 bridgehead atoms. The molecule has 0 N–H and O–H groups in total. The Balaban J connectivity index is 2.45. The lowest BCUT2D eigenvalue weighted by atomic mass is 10.1. The molecule has 0 aliphatic rings. The molecule has 1 aromatic carbocycles. The smallest absolute Gasteiger partial charge is 0.243 e. The molecule has 1 heterocycles. The van der Waals surface area contributed by atoms with Crippen LogP contribution in [0.15, 0.2) is 52.0 Å². The summed E-state index contributed by atoms with van der Waals surface area (Å²) >= 11 is 0. The summed E-state index contributed by atoms with van der Waals surface area (Å²) < 4.78 is 18.3. The molecule has 2 atom stereocenters. The highest BCUT2D eigenvalue weighted by Gasteiger charge is 2.32. The summed E-state index contributed by atoms with van der Waals surface area (Å²) in [6, 6.07) is 11.0. The van der Waals surface area contributed by atoms with Crippen LogP contribution in [-0.4, -0.2) is 28.1 Å². The van der Waals surface area contributed by atoms with E-state index in [1.54, 1.807) is 17.9 Å². The van der Waals surface area contributed by atoms with Crippen molar-refractivity contribution in [3.8, 4) is 0 Å². The first-order chi connectivity index (χ1) is 10.6. The second kappa shape index (κ2) is 7.40. The fraction of sp³-hybridized carbons (Fsp3) is 0.353. The standard InChI is InChI=1S/C17H21NO3S/c1-4-18(5-2)17(19)16(14-9-7-6-8-10-14)22(20)15-11-12-21-13(15)3/h6-12,16H,4-5H2,1-3H3. The minimum absolute atomic E-state index is 0.116. The predicted molar refractivity (Wildman–Crippen MR) is 87.0 cm³/mol. The molecule has 22 heavy (non-hydrogen) atoms. The lowest BCUT2D eigenvalue weighted by molar-refractivity contribution is -0.130. The first-order valence-corrected chi connectivity index (χ1v) is 8.59. The van der Waals surface area contributed by atoms with Crippen molar-refractivity contribution in [2.24, 2.45) is 0 Å². The molecule has 1 amide bonds. The summed E-state index contributed by atoms with van der Waals surface area (Å²) in [6.45, 7) is 6.81. The number of furan rings is 1. The van der Waals surface area contributed by atoms with Gasteiger partial charge in [0.25, 0.3) is 0 Å². The van der Waals surface area contributed by atoms with Crippen LogP contribution in [0.4, 0.5) is 0 Å². The Morgan fingerprint density at radius 1 is 1.18 bits per heavy atom. The summed E-state index contributed by atoms with van der Waals surface area (Å²) in [4.78, 5) is 15.1. The molecular formula is C17H21NO3S. The van der Waals surface area contributed by atoms with Crippen molar-refractivity contribution in [1.82, 2.24) is 4.90 Å². The maximum atomic E-state index is 13.0. The van der Waals surface area contributed by atoms with Gasteiger partial charge in [-0.25, -0.2) is 0 Å². The van der Waals surface area contributed by atoms with E-state index < -0.39 is 16.0 Å². The van der Waals surface area contributed by atoms with Crippen molar-refractivity contribution in [1.29, 1.82) is 0 Å². The van der Waals surface area contributed by atoms with Gasteiger partial charge in [-0.05, 0) is 32.4 Å². The van der Waals surface area contributed by atoms with E-state index in [2.05, 4.69) is 0 Å². The molecule has 2 rings (SSSR count). The van der Waals surface area contributed by atoms with Gasteiger partial charge >= 0.3 is 0 Å². The van der Waals surface area contributed by atoms with Gasteiger partial charge in [-0.15, -0.1) is 0 Å². The fourth-order valence-electron chi connectivity index (χ4n) is 2.40. The molecular weight excluding hydrogens is 298 g/mol. The van der Waals surface area contributed by atoms with E-state index in [-0.39, 0.29) is 5.91 Å². The number of aryl methyl sites for hydroxylation is 1. The van der Waals surface area contributed by atoms with Crippen molar-refractivity contribution in [2.45, 2.75) is 30.9 Å². The lowest BCUT2D eigenvalue weighted by Crippen LogP contribution is -2.36. The molecule has 0 aliphatic heterocycles. The van der Waals surface area contributed by atoms with Crippen LogP contribution in [0.25, 0.3) is 0 Å². The van der Waals surface area contributed by atoms with Gasteiger partial charge in [0.1, 0.15) is 11.0 Å². The minimum Gasteiger partial charge on any atom is -0.468 e. The normalized spacial score (nSPS) is 13.6. The van der Waals surface area contributed by atoms with Crippen molar-refractivity contribution < 1.29 is 13.4 Å². The fourth-order valence-corrected chi connectivity index (χ4v) is 3.91. The second-order valence-electron chi connectivity index (χ2n) is 4.94. The highest BCUT2D eigenvalue weighted by atomic mass is 32.2. The summed E-state index contributed by atoms with van der Waals surface area (Å²) in [5.74, 6) is 0.474. The van der Waals surface area contributed by atoms with Gasteiger partial charge in [0.05, 0.1) is 22.0 Å². The van der Waals surface area contributed by atoms with Crippen molar-refractivity contribution in [2.75, 3.05) is 13.1 Å². The summed E-state index contributed by atoms with van der Waals surface area (Å²) in [5.41, 5.74) is 0.762. The third-order valence-electron chi connectivity index (χ3n) is 3.64. The SMILES string of the molecule is CCN(CC)C(=O)C(c1ccccc1)S(=O)c1ccoc1C. The minimum atomic E-state index is -1.49. The monoisotopic (exact) mass is 319 g/mol. The van der Waals surface area contributed by atoms with Crippen molar-refractivity contribution in [3.05, 3.63) is 54.0 Å². The molecule has 0 aliphatic carbocycles. The molecule has 5 heteroatoms. The van der Waals surface area contributed by atoms with E-state index in [9.17, 15) is 9.00 Å². The zero-order chi connectivity index (χ0) is 16.1. The Bertz CT molecular complexity index is 647. The van der Waals surface area contributed by atoms with Gasteiger partial charge in [-0.3, -0.25) is 9.00 Å². The summed E-state index contributed by atoms with van der Waals surface area (Å²) in [7, 11) is -1.49. The van der Waals surface area contributed by atoms with Crippen LogP contribution >= 0.6 is 0 Å². The summed E-state index contributed by atoms with van der Waals surface area (Å²) in [6.07, 6.45) is 1.51. The number of hydrogen-bond donors (Lipinski definition) is 0. The average Bonchev–Trinajstić information content (AvgIpc) is 2.96. The number of amides is 1. The van der Waals surface area contributed by atoms with Crippen LogP contribution in [0.2, 0.25) is 0 Å². The largest absolute Gasteiger partial charge is 0.468 e. The molecule has 2 aromatic rings. The van der Waals surface area contributed by atoms with E-state index in [0.29, 0.717) is 23.7 Å². The van der Waals surface area contributed by atoms with Crippen LogP contribution in [0.5, 0.6) is 0 Å². The van der Waals surface area contributed by atoms with E-state index >= 15 is 0 Å². The Labute approximate surface area is 133 Å². The quantitative estimate of drug-likeness (QED) is 0.821. The molecule has 0 saturated carbocycles. The van der Waals surface area contributed by atoms with Gasteiger partial charge in [-0.2, -0.15) is 0 Å². The van der Waals surface area contributed by atoms with Gasteiger partial charge in [0, 0.05) is 13.1 Å². The van der Waals surface area contributed by atoms with Crippen LogP contribution in [0.1, 0.15) is 30.4 Å². The van der Waals surface area contributed by atoms with Crippen molar-refractivity contribution >= 4 is 16.7 Å². The molecule has 0 spiro atoms. The van der Waals surface area contributed by atoms with E-state index in [0.717, 1.165) is 5.56 Å². The van der Waals surface area contributed by atoms with Gasteiger partial charge in [0.15, 0.2) is 0 Å². The Kier molecular flexibility index (Phi) is 5.55. The summed E-state index contributed by atoms with van der Waals surface area (Å²) in [5, 5.41) is -0.711. The zero-order valence-corrected chi connectivity index (χ0v) is 13.9. The first-order valence-electron chi connectivity index (χ1n) is 7.38. The Hall–Kier alpha value is -1.88. The van der Waals surface area contributed by atoms with Crippen LogP contribution in [-0.2, 0) is 15.6 Å². The predicted octanol–water partition coefficient (Wildman–Crippen LogP) is 3.31. The number of nitrogens with zero attached hydrogens (tertiary/aromatic N) is 1. The van der Waals surface area contributed by atoms with Gasteiger partial charge in [0.2, 0.25) is 5.91 Å². The molecule has 2 unspecified atom stereocenters. The van der Waals surface area contributed by atoms with Gasteiger partial charge < -0.3 is 9.32 Å². The Morgan fingerprint density at radius 3 is 2.32 bits per heavy atom. The van der Waals surface area contributed by atoms with E-state index in [4.69, 9.17) is 4.42 Å². The second-order valence-corrected chi connectivity index (χ2v) is 6.45. The van der Waals surface area contributed by atoms with Gasteiger partial charge in [-0.1, -0.05) is 30.3 Å². The number of hydrogen-bond acceptors (Lipinski definition) is 3.